The molecule has 1 N–H and O–H groups in total. The van der Waals surface area contributed by atoms with Gasteiger partial charge in [0.1, 0.15) is 17.9 Å². The van der Waals surface area contributed by atoms with Gasteiger partial charge in [-0.3, -0.25) is 4.79 Å². The number of unbranched alkanes of at least 4 members (excludes halogenated alkanes) is 8. The quantitative estimate of drug-likeness (QED) is 0.133. The lowest BCUT2D eigenvalue weighted by Gasteiger charge is -2.22. The maximum Gasteiger partial charge on any atom is 0.409 e. The summed E-state index contributed by atoms with van der Waals surface area (Å²) in [6.45, 7) is 2.29. The Morgan fingerprint density at radius 3 is 1.97 bits per heavy atom. The van der Waals surface area contributed by atoms with E-state index in [2.05, 4.69) is 18.9 Å². The molecule has 0 radical (unpaired) electrons. The highest BCUT2D eigenvalue weighted by Crippen LogP contribution is 2.48. The van der Waals surface area contributed by atoms with Crippen LogP contribution in [-0.2, 0) is 14.1 Å². The number of ether oxygens (including phenoxy) is 1. The molecule has 0 aromatic heterocycles. The van der Waals surface area contributed by atoms with Crippen molar-refractivity contribution >= 4 is 24.1 Å². The van der Waals surface area contributed by atoms with Crippen molar-refractivity contribution in [2.24, 2.45) is 0 Å². The van der Waals surface area contributed by atoms with Crippen LogP contribution in [0.1, 0.15) is 97.8 Å². The minimum absolute atomic E-state index is 0.107. The number of hydrogen-bond donors (Lipinski definition) is 1. The minimum Gasteiger partial charge on any atom is -0.461 e. The van der Waals surface area contributed by atoms with Crippen LogP contribution in [0.3, 0.4) is 0 Å². The molecule has 7 heteroatoms. The molecule has 0 aliphatic rings. The Labute approximate surface area is 193 Å². The van der Waals surface area contributed by atoms with Gasteiger partial charge in [0.15, 0.2) is 0 Å². The van der Waals surface area contributed by atoms with Crippen LogP contribution >= 0.6 is 18.1 Å². The van der Waals surface area contributed by atoms with Crippen LogP contribution in [-0.4, -0.2) is 18.1 Å². The summed E-state index contributed by atoms with van der Waals surface area (Å²) in [4.78, 5) is 12.6. The standard InChI is InChI=1S/C24H41ClNO4P/c1-4-6-8-10-13-17-22(18-14-11-9-7-5-2)29-24(27)21(3)26-31(25,28)30-23-19-15-12-16-20-23/h12,15-16,19-22H,4-11,13-14,17-18H2,1-3H3,(H,26,28)/t21-,31-/m0/s1. The molecular weight excluding hydrogens is 433 g/mol. The molecule has 0 amide bonds. The second-order valence-corrected chi connectivity index (χ2v) is 10.9. The van der Waals surface area contributed by atoms with Gasteiger partial charge in [0, 0.05) is 11.2 Å². The molecule has 1 rings (SSSR count). The fourth-order valence-electron chi connectivity index (χ4n) is 3.41. The van der Waals surface area contributed by atoms with Crippen molar-refractivity contribution in [2.75, 3.05) is 0 Å². The van der Waals surface area contributed by atoms with Crippen molar-refractivity contribution in [3.63, 3.8) is 0 Å². The van der Waals surface area contributed by atoms with E-state index in [4.69, 9.17) is 20.5 Å². The lowest BCUT2D eigenvalue weighted by Crippen LogP contribution is -2.35. The number of carbonyl (C=O) groups is 1. The van der Waals surface area contributed by atoms with Gasteiger partial charge in [-0.15, -0.1) is 0 Å². The van der Waals surface area contributed by atoms with E-state index in [0.717, 1.165) is 38.5 Å². The molecule has 1 aromatic rings. The molecule has 2 atom stereocenters. The van der Waals surface area contributed by atoms with Gasteiger partial charge < -0.3 is 9.26 Å². The topological polar surface area (TPSA) is 64.6 Å². The van der Waals surface area contributed by atoms with E-state index in [1.54, 1.807) is 31.2 Å². The molecule has 0 spiro atoms. The first-order valence-electron chi connectivity index (χ1n) is 11.9. The number of esters is 1. The monoisotopic (exact) mass is 473 g/mol. The van der Waals surface area contributed by atoms with Crippen molar-refractivity contribution in [1.29, 1.82) is 0 Å². The van der Waals surface area contributed by atoms with E-state index < -0.39 is 18.9 Å². The van der Waals surface area contributed by atoms with Crippen molar-refractivity contribution in [3.8, 4) is 5.75 Å². The van der Waals surface area contributed by atoms with Crippen LogP contribution in [0.15, 0.2) is 30.3 Å². The Bertz CT molecular complexity index is 630. The Hall–Kier alpha value is -1.03. The number of nitrogens with one attached hydrogen (secondary N) is 1. The van der Waals surface area contributed by atoms with Crippen molar-refractivity contribution in [2.45, 2.75) is 110 Å². The van der Waals surface area contributed by atoms with Crippen molar-refractivity contribution in [3.05, 3.63) is 30.3 Å². The van der Waals surface area contributed by atoms with Crippen LogP contribution < -0.4 is 9.61 Å². The molecule has 0 saturated heterocycles. The van der Waals surface area contributed by atoms with Gasteiger partial charge in [0.25, 0.3) is 0 Å². The van der Waals surface area contributed by atoms with Gasteiger partial charge in [0.05, 0.1) is 0 Å². The van der Waals surface area contributed by atoms with E-state index in [1.165, 1.54) is 38.5 Å². The molecule has 0 heterocycles. The third kappa shape index (κ3) is 13.9. The smallest absolute Gasteiger partial charge is 0.409 e. The molecular formula is C24H41ClNO4P. The second-order valence-electron chi connectivity index (χ2n) is 8.20. The minimum atomic E-state index is -3.71. The summed E-state index contributed by atoms with van der Waals surface area (Å²) in [6.07, 6.45) is 13.4. The lowest BCUT2D eigenvalue weighted by atomic mass is 10.0. The highest BCUT2D eigenvalue weighted by Gasteiger charge is 2.29. The first kappa shape index (κ1) is 28.0. The van der Waals surface area contributed by atoms with E-state index in [1.807, 2.05) is 6.07 Å². The van der Waals surface area contributed by atoms with Crippen LogP contribution in [0.5, 0.6) is 5.75 Å². The molecule has 0 fully saturated rings. The Morgan fingerprint density at radius 1 is 0.935 bits per heavy atom. The maximum absolute atomic E-state index is 12.6. The number of carbonyl (C=O) groups excluding carboxylic acids is 1. The van der Waals surface area contributed by atoms with Crippen LogP contribution in [0, 0.1) is 0 Å². The molecule has 0 saturated carbocycles. The second kappa shape index (κ2) is 16.6. The number of para-hydroxylation sites is 1. The summed E-state index contributed by atoms with van der Waals surface area (Å²) < 4.78 is 23.7. The number of benzene rings is 1. The number of hydrogen-bond acceptors (Lipinski definition) is 4. The molecule has 0 bridgehead atoms. The average molecular weight is 474 g/mol. The summed E-state index contributed by atoms with van der Waals surface area (Å²) in [5.41, 5.74) is 0. The maximum atomic E-state index is 12.6. The van der Waals surface area contributed by atoms with E-state index in [-0.39, 0.29) is 6.10 Å². The van der Waals surface area contributed by atoms with Gasteiger partial charge in [0.2, 0.25) is 0 Å². The van der Waals surface area contributed by atoms with Gasteiger partial charge in [-0.2, -0.15) is 0 Å². The summed E-state index contributed by atoms with van der Waals surface area (Å²) >= 11 is 6.02. The molecule has 31 heavy (non-hydrogen) atoms. The Morgan fingerprint density at radius 2 is 1.45 bits per heavy atom. The summed E-state index contributed by atoms with van der Waals surface area (Å²) in [6, 6.07) is 7.84. The Kier molecular flexibility index (Phi) is 15.0. The molecule has 5 nitrogen and oxygen atoms in total. The average Bonchev–Trinajstić information content (AvgIpc) is 2.73. The summed E-state index contributed by atoms with van der Waals surface area (Å²) in [5, 5.41) is 2.60. The first-order valence-corrected chi connectivity index (χ1v) is 14.4. The zero-order chi connectivity index (χ0) is 23.0. The lowest BCUT2D eigenvalue weighted by molar-refractivity contribution is -0.151. The van der Waals surface area contributed by atoms with Gasteiger partial charge in [-0.1, -0.05) is 83.4 Å². The van der Waals surface area contributed by atoms with E-state index in [9.17, 15) is 9.36 Å². The van der Waals surface area contributed by atoms with Crippen LogP contribution in [0.2, 0.25) is 0 Å². The van der Waals surface area contributed by atoms with Gasteiger partial charge in [-0.05, 0) is 44.7 Å². The van der Waals surface area contributed by atoms with E-state index in [0.29, 0.717) is 5.75 Å². The highest BCUT2D eigenvalue weighted by atomic mass is 35.7. The number of rotatable bonds is 18. The molecule has 178 valence electrons. The predicted octanol–water partition coefficient (Wildman–Crippen LogP) is 8.02. The van der Waals surface area contributed by atoms with Crippen LogP contribution in [0.4, 0.5) is 0 Å². The number of halogens is 1. The third-order valence-corrected chi connectivity index (χ3v) is 6.85. The SMILES string of the molecule is CCCCCCCC(CCCCCCC)OC(=O)[C@H](C)N[P@](=O)(Cl)Oc1ccccc1. The largest absolute Gasteiger partial charge is 0.461 e. The summed E-state index contributed by atoms with van der Waals surface area (Å²) in [5.74, 6) is -0.0596. The predicted molar refractivity (Wildman–Crippen MR) is 130 cm³/mol. The summed E-state index contributed by atoms with van der Waals surface area (Å²) in [7, 11) is 0. The van der Waals surface area contributed by atoms with Crippen LogP contribution in [0.25, 0.3) is 0 Å². The fraction of sp³-hybridized carbons (Fsp3) is 0.708. The van der Waals surface area contributed by atoms with Crippen molar-refractivity contribution in [1.82, 2.24) is 5.09 Å². The molecule has 1 aromatic carbocycles. The third-order valence-electron chi connectivity index (χ3n) is 5.21. The highest BCUT2D eigenvalue weighted by molar-refractivity contribution is 7.84. The zero-order valence-corrected chi connectivity index (χ0v) is 21.1. The van der Waals surface area contributed by atoms with Crippen molar-refractivity contribution < 1.29 is 18.6 Å². The molecule has 0 aliphatic carbocycles. The zero-order valence-electron chi connectivity index (χ0n) is 19.5. The molecule has 0 unspecified atom stereocenters. The first-order chi connectivity index (χ1) is 14.9. The molecule has 0 aliphatic heterocycles. The van der Waals surface area contributed by atoms with Gasteiger partial charge in [-0.25, -0.2) is 9.65 Å². The van der Waals surface area contributed by atoms with Gasteiger partial charge >= 0.3 is 12.8 Å². The van der Waals surface area contributed by atoms with E-state index >= 15 is 0 Å². The Balaban J connectivity index is 2.53. The normalized spacial score (nSPS) is 14.2. The fourth-order valence-corrected chi connectivity index (χ4v) is 5.10.